The van der Waals surface area contributed by atoms with Gasteiger partial charge in [-0.1, -0.05) is 121 Å². The van der Waals surface area contributed by atoms with Crippen LogP contribution in [0, 0.1) is 62.2 Å². The maximum absolute atomic E-state index is 11.4. The molecule has 2 fully saturated rings. The molecule has 43 heavy (non-hydrogen) atoms. The van der Waals surface area contributed by atoms with E-state index in [1.165, 1.54) is 39.5 Å². The van der Waals surface area contributed by atoms with Gasteiger partial charge in [0.2, 0.25) is 0 Å². The van der Waals surface area contributed by atoms with Gasteiger partial charge in [0.15, 0.2) is 0 Å². The van der Waals surface area contributed by atoms with Gasteiger partial charge < -0.3 is 4.74 Å². The van der Waals surface area contributed by atoms with E-state index in [9.17, 15) is 4.79 Å². The Labute approximate surface area is 272 Å². The average Bonchev–Trinajstić information content (AvgIpc) is 3.73. The van der Waals surface area contributed by atoms with Crippen molar-refractivity contribution < 1.29 is 26.6 Å². The first-order valence-electron chi connectivity index (χ1n) is 14.1. The van der Waals surface area contributed by atoms with E-state index in [1.54, 1.807) is 0 Å². The van der Waals surface area contributed by atoms with Gasteiger partial charge in [0.05, 0.1) is 0 Å². The predicted molar refractivity (Wildman–Crippen MR) is 179 cm³/mol. The van der Waals surface area contributed by atoms with Gasteiger partial charge in [-0.15, -0.1) is 0 Å². The molecule has 0 saturated heterocycles. The molecule has 0 bridgehead atoms. The van der Waals surface area contributed by atoms with Crippen LogP contribution in [-0.2, 0) is 26.6 Å². The van der Waals surface area contributed by atoms with E-state index < -0.39 is 15.8 Å². The fourth-order valence-electron chi connectivity index (χ4n) is 4.98. The number of esters is 1. The van der Waals surface area contributed by atoms with Crippen molar-refractivity contribution in [2.24, 2.45) is 0 Å². The molecule has 214 valence electrons. The average molecular weight is 640 g/mol. The first-order chi connectivity index (χ1) is 20.6. The van der Waals surface area contributed by atoms with Crippen LogP contribution in [-0.4, -0.2) is 12.1 Å². The summed E-state index contributed by atoms with van der Waals surface area (Å²) in [6, 6.07) is 42.6. The third-order valence-electron chi connectivity index (χ3n) is 6.81. The molecular formula is C38H34FeO2P2+2. The number of hydrogen-bond donors (Lipinski definition) is 0. The van der Waals surface area contributed by atoms with Gasteiger partial charge in [0, 0.05) is 24.2 Å². The number of benzene rings is 4. The standard InChI is InChI=1S/C21H20O2P.C17H14P.Fe/c1-16(23-17(2)22)20-14-9-15-21(20)24(18-10-5-3-6-11-18)19-12-7-4-8-13-19;1-3-9-15(10-4-1)18(17-13-7-8-14-17)16-11-5-2-6-12-16;/h3-16H,1-2H3;1-14H;/q;;+2/t16-;;/m1../s1. The summed E-state index contributed by atoms with van der Waals surface area (Å²) in [4.78, 5) is 11.4. The summed E-state index contributed by atoms with van der Waals surface area (Å²) in [6.45, 7) is 3.39. The van der Waals surface area contributed by atoms with Crippen molar-refractivity contribution >= 4 is 43.0 Å². The number of ether oxygens (including phenoxy) is 1. The molecule has 0 aliphatic heterocycles. The summed E-state index contributed by atoms with van der Waals surface area (Å²) in [5.41, 5.74) is 2.67. The second-order valence-corrected chi connectivity index (χ2v) is 14.2. The van der Waals surface area contributed by atoms with Gasteiger partial charge in [0.25, 0.3) is 0 Å². The van der Waals surface area contributed by atoms with E-state index in [-0.39, 0.29) is 29.1 Å². The SMILES string of the molecule is CC(=O)O[C@H](C)[C]1[CH][CH][CH][C]1P(c1ccccc1)c1ccccc1.[CH]1[CH][CH][C](P(c2ccccc2)c2ccccc2)[CH]1.[Fe+2]. The Morgan fingerprint density at radius 3 is 1.35 bits per heavy atom. The summed E-state index contributed by atoms with van der Waals surface area (Å²) < 4.78 is 5.43. The summed E-state index contributed by atoms with van der Waals surface area (Å²) in [5, 5.41) is 5.40. The van der Waals surface area contributed by atoms with E-state index in [1.807, 2.05) is 25.5 Å². The zero-order valence-electron chi connectivity index (χ0n) is 24.2. The zero-order valence-corrected chi connectivity index (χ0v) is 27.1. The van der Waals surface area contributed by atoms with Gasteiger partial charge in [-0.3, -0.25) is 4.79 Å². The zero-order chi connectivity index (χ0) is 29.1. The molecule has 0 spiro atoms. The molecule has 0 amide bonds. The molecule has 2 saturated carbocycles. The first-order valence-corrected chi connectivity index (χ1v) is 16.7. The minimum Gasteiger partial charge on any atom is -0.462 e. The van der Waals surface area contributed by atoms with Crippen molar-refractivity contribution in [1.29, 1.82) is 0 Å². The van der Waals surface area contributed by atoms with Crippen LogP contribution in [0.25, 0.3) is 0 Å². The molecule has 0 N–H and O–H groups in total. The fourth-order valence-corrected chi connectivity index (χ4v) is 9.83. The normalized spacial score (nSPS) is 16.4. The van der Waals surface area contributed by atoms with E-state index in [0.717, 1.165) is 5.92 Å². The van der Waals surface area contributed by atoms with Crippen LogP contribution >= 0.6 is 15.8 Å². The summed E-state index contributed by atoms with van der Waals surface area (Å²) in [6.07, 6.45) is 14.7. The molecule has 10 radical (unpaired) electrons. The molecule has 2 aliphatic rings. The van der Waals surface area contributed by atoms with E-state index >= 15 is 0 Å². The number of rotatable bonds is 8. The predicted octanol–water partition coefficient (Wildman–Crippen LogP) is 7.28. The summed E-state index contributed by atoms with van der Waals surface area (Å²) in [7, 11) is -1.09. The van der Waals surface area contributed by atoms with Crippen molar-refractivity contribution in [2.45, 2.75) is 20.0 Å². The molecule has 4 aromatic rings. The fraction of sp³-hybridized carbons (Fsp3) is 0.0789. The Balaban J connectivity index is 0.000000199. The third-order valence-corrected chi connectivity index (χ3v) is 11.8. The Bertz CT molecular complexity index is 1270. The maximum atomic E-state index is 11.4. The number of hydrogen-bond acceptors (Lipinski definition) is 2. The van der Waals surface area contributed by atoms with Crippen LogP contribution in [0.4, 0.5) is 0 Å². The van der Waals surface area contributed by atoms with Gasteiger partial charge in [0.1, 0.15) is 6.10 Å². The largest absolute Gasteiger partial charge is 2.00 e. The molecule has 4 aromatic carbocycles. The van der Waals surface area contributed by atoms with Crippen LogP contribution in [0.15, 0.2) is 121 Å². The Morgan fingerprint density at radius 2 is 0.953 bits per heavy atom. The van der Waals surface area contributed by atoms with Crippen LogP contribution in [0.1, 0.15) is 13.8 Å². The molecule has 1 atom stereocenters. The monoisotopic (exact) mass is 640 g/mol. The van der Waals surface area contributed by atoms with Crippen LogP contribution in [0.2, 0.25) is 0 Å². The molecule has 2 nitrogen and oxygen atoms in total. The topological polar surface area (TPSA) is 26.3 Å². The number of carbonyl (C=O) groups excluding carboxylic acids is 1. The molecule has 6 rings (SSSR count). The van der Waals surface area contributed by atoms with Crippen LogP contribution in [0.5, 0.6) is 0 Å². The summed E-state index contributed by atoms with van der Waals surface area (Å²) in [5.74, 6) is 0.836. The van der Waals surface area contributed by atoms with Gasteiger partial charge in [-0.2, -0.15) is 0 Å². The Kier molecular flexibility index (Phi) is 13.5. The molecule has 0 aromatic heterocycles. The Morgan fingerprint density at radius 1 is 0.558 bits per heavy atom. The van der Waals surface area contributed by atoms with Gasteiger partial charge in [-0.25, -0.2) is 0 Å². The smallest absolute Gasteiger partial charge is 0.462 e. The van der Waals surface area contributed by atoms with E-state index in [0.29, 0.717) is 0 Å². The first kappa shape index (κ1) is 33.6. The van der Waals surface area contributed by atoms with Gasteiger partial charge >= 0.3 is 23.0 Å². The van der Waals surface area contributed by atoms with Crippen molar-refractivity contribution in [3.8, 4) is 0 Å². The molecule has 0 heterocycles. The van der Waals surface area contributed by atoms with E-state index in [4.69, 9.17) is 4.74 Å². The van der Waals surface area contributed by atoms with Crippen molar-refractivity contribution in [3.63, 3.8) is 0 Å². The van der Waals surface area contributed by atoms with Crippen molar-refractivity contribution in [2.75, 3.05) is 0 Å². The van der Waals surface area contributed by atoms with Gasteiger partial charge in [-0.05, 0) is 88.9 Å². The second-order valence-electron chi connectivity index (χ2n) is 9.77. The molecule has 2 aliphatic carbocycles. The minimum atomic E-state index is -0.678. The molecular weight excluding hydrogens is 606 g/mol. The third kappa shape index (κ3) is 9.12. The van der Waals surface area contributed by atoms with E-state index in [2.05, 4.69) is 148 Å². The maximum Gasteiger partial charge on any atom is 2.00 e. The van der Waals surface area contributed by atoms with Crippen molar-refractivity contribution in [3.05, 3.63) is 184 Å². The summed E-state index contributed by atoms with van der Waals surface area (Å²) >= 11 is 0. The van der Waals surface area contributed by atoms with Crippen LogP contribution < -0.4 is 21.2 Å². The molecule has 0 unspecified atom stereocenters. The number of carbonyl (C=O) groups is 1. The van der Waals surface area contributed by atoms with Crippen LogP contribution in [0.3, 0.4) is 0 Å². The second kappa shape index (κ2) is 17.3. The Hall–Kier alpha value is -2.27. The van der Waals surface area contributed by atoms with Crippen molar-refractivity contribution in [1.82, 2.24) is 0 Å². The minimum absolute atomic E-state index is 0. The molecule has 5 heteroatoms. The quantitative estimate of drug-likeness (QED) is 0.115.